The fourth-order valence-electron chi connectivity index (χ4n) is 7.26. The molecule has 3 aromatic carbocycles. The van der Waals surface area contributed by atoms with Gasteiger partial charge in [0.05, 0.1) is 47.0 Å². The number of ether oxygens (including phenoxy) is 5. The van der Waals surface area contributed by atoms with Gasteiger partial charge in [0.15, 0.2) is 0 Å². The van der Waals surface area contributed by atoms with Gasteiger partial charge in [-0.1, -0.05) is 55.2 Å². The highest BCUT2D eigenvalue weighted by Crippen LogP contribution is 2.32. The number of hydrazone groups is 1. The molecule has 1 heterocycles. The van der Waals surface area contributed by atoms with Crippen LogP contribution in [0, 0.1) is 23.7 Å². The second-order valence-corrected chi connectivity index (χ2v) is 16.1. The second-order valence-electron chi connectivity index (χ2n) is 15.1. The number of aromatic nitrogens is 1. The summed E-state index contributed by atoms with van der Waals surface area (Å²) in [6.07, 6.45) is 12.6. The van der Waals surface area contributed by atoms with Crippen LogP contribution in [-0.2, 0) is 23.9 Å². The molecule has 1 aromatic heterocycles. The Morgan fingerprint density at radius 1 is 0.820 bits per heavy atom. The Hall–Kier alpha value is -6.00. The minimum atomic E-state index is -0.536. The van der Waals surface area contributed by atoms with E-state index in [-0.39, 0.29) is 35.9 Å². The van der Waals surface area contributed by atoms with Gasteiger partial charge in [0, 0.05) is 11.6 Å². The molecule has 61 heavy (non-hydrogen) atoms. The van der Waals surface area contributed by atoms with E-state index in [9.17, 15) is 19.2 Å². The van der Waals surface area contributed by atoms with Gasteiger partial charge in [-0.2, -0.15) is 5.10 Å². The Morgan fingerprint density at radius 3 is 2.21 bits per heavy atom. The molecule has 0 radical (unpaired) electrons. The number of nitrogens with zero attached hydrogens (tertiary/aromatic N) is 3. The molecule has 0 unspecified atom stereocenters. The highest BCUT2D eigenvalue weighted by Gasteiger charge is 2.31. The van der Waals surface area contributed by atoms with E-state index >= 15 is 0 Å². The highest BCUT2D eigenvalue weighted by molar-refractivity contribution is 7.22. The lowest BCUT2D eigenvalue weighted by Gasteiger charge is -2.27. The maximum Gasteiger partial charge on any atom is 0.339 e. The van der Waals surface area contributed by atoms with Crippen molar-refractivity contribution in [2.24, 2.45) is 16.9 Å². The first-order valence-electron chi connectivity index (χ1n) is 21.2. The van der Waals surface area contributed by atoms with Crippen molar-refractivity contribution in [3.8, 4) is 29.1 Å². The second kappa shape index (κ2) is 23.1. The first-order valence-corrected chi connectivity index (χ1v) is 22.0. The van der Waals surface area contributed by atoms with Crippen LogP contribution >= 0.6 is 11.3 Å². The minimum Gasteiger partial charge on any atom is -0.494 e. The number of carbonyl (C=O) groups excluding carboxylic acids is 4. The van der Waals surface area contributed by atoms with E-state index in [1.165, 1.54) is 11.3 Å². The Kier molecular flexibility index (Phi) is 16.9. The van der Waals surface area contributed by atoms with Crippen molar-refractivity contribution in [3.05, 3.63) is 90.5 Å². The van der Waals surface area contributed by atoms with Gasteiger partial charge in [-0.3, -0.25) is 9.59 Å². The Labute approximate surface area is 361 Å². The molecule has 0 aliphatic heterocycles. The maximum absolute atomic E-state index is 13.8. The smallest absolute Gasteiger partial charge is 0.339 e. The average molecular weight is 848 g/mol. The fraction of sp³-hybridized carbons (Fsp3) is 0.417. The average Bonchev–Trinajstić information content (AvgIpc) is 3.72. The number of thiazole rings is 1. The molecule has 0 spiro atoms. The molecule has 0 amide bonds. The van der Waals surface area contributed by atoms with Gasteiger partial charge in [-0.25, -0.2) is 19.6 Å². The number of para-hydroxylation sites is 1. The molecule has 4 aromatic rings. The van der Waals surface area contributed by atoms with E-state index in [0.29, 0.717) is 66.8 Å². The summed E-state index contributed by atoms with van der Waals surface area (Å²) in [6.45, 7) is 6.35. The van der Waals surface area contributed by atoms with Crippen molar-refractivity contribution in [1.82, 2.24) is 4.98 Å². The van der Waals surface area contributed by atoms with Crippen molar-refractivity contribution < 1.29 is 42.9 Å². The summed E-state index contributed by atoms with van der Waals surface area (Å²) >= 11 is 1.48. The van der Waals surface area contributed by atoms with Gasteiger partial charge in [-0.15, -0.1) is 5.92 Å². The molecule has 0 atom stereocenters. The monoisotopic (exact) mass is 847 g/mol. The Balaban J connectivity index is 1.03. The van der Waals surface area contributed by atoms with Crippen molar-refractivity contribution in [1.29, 1.82) is 0 Å². The molecule has 13 heteroatoms. The van der Waals surface area contributed by atoms with E-state index in [4.69, 9.17) is 33.8 Å². The van der Waals surface area contributed by atoms with Crippen molar-refractivity contribution in [2.45, 2.75) is 96.5 Å². The van der Waals surface area contributed by atoms with Gasteiger partial charge in [0.1, 0.15) is 29.9 Å². The van der Waals surface area contributed by atoms with E-state index < -0.39 is 18.0 Å². The normalized spacial score (nSPS) is 16.5. The molecule has 2 saturated carbocycles. The molecular weight excluding hydrogens is 795 g/mol. The number of fused-ring (bicyclic) bond motifs is 1. The Morgan fingerprint density at radius 2 is 1.49 bits per heavy atom. The predicted molar refractivity (Wildman–Crippen MR) is 235 cm³/mol. The molecule has 0 bridgehead atoms. The molecule has 2 fully saturated rings. The van der Waals surface area contributed by atoms with Gasteiger partial charge in [-0.05, 0) is 126 Å². The molecule has 2 aliphatic carbocycles. The molecular formula is C48H53N3O9S. The molecule has 320 valence electrons. The zero-order valence-corrected chi connectivity index (χ0v) is 35.5. The molecule has 2 aliphatic rings. The van der Waals surface area contributed by atoms with Gasteiger partial charge in [0.25, 0.3) is 0 Å². The van der Waals surface area contributed by atoms with E-state index in [2.05, 4.69) is 18.4 Å². The standard InChI is InChI=1S/C48H53N3O9S/c1-3-5-29-51(48-50-42-17-11-12-18-43(42)61-48)49-33-36-32-40(60-45(53)34-15-9-8-10-16-34)27-28-41(36)47(55)59-38-21-19-35(20-22-38)46(54)58-39-25-23-37(24-26-39)56-30-13-6-7-14-31-57-44(52)4-2/h4,11-12,17-18,23-28,32-35,38H,2,6-10,13-16,19-22,29-31H2,1H3/b49-33+. The van der Waals surface area contributed by atoms with Crippen molar-refractivity contribution in [3.63, 3.8) is 0 Å². The summed E-state index contributed by atoms with van der Waals surface area (Å²) in [5.41, 5.74) is 1.53. The Bertz CT molecular complexity index is 2180. The number of carbonyl (C=O) groups is 4. The van der Waals surface area contributed by atoms with E-state index in [0.717, 1.165) is 74.1 Å². The minimum absolute atomic E-state index is 0.146. The first-order chi connectivity index (χ1) is 29.8. The summed E-state index contributed by atoms with van der Waals surface area (Å²) in [6, 6.07) is 19.7. The number of hydrogen-bond acceptors (Lipinski definition) is 13. The lowest BCUT2D eigenvalue weighted by Crippen LogP contribution is -2.30. The number of hydrogen-bond donors (Lipinski definition) is 0. The predicted octanol–water partition coefficient (Wildman–Crippen LogP) is 9.64. The van der Waals surface area contributed by atoms with Crippen molar-refractivity contribution in [2.75, 3.05) is 24.8 Å². The molecule has 12 nitrogen and oxygen atoms in total. The highest BCUT2D eigenvalue weighted by atomic mass is 32.1. The zero-order valence-electron chi connectivity index (χ0n) is 34.7. The van der Waals surface area contributed by atoms with Crippen molar-refractivity contribution >= 4 is 56.8 Å². The van der Waals surface area contributed by atoms with Crippen LogP contribution in [0.2, 0.25) is 0 Å². The fourth-order valence-corrected chi connectivity index (χ4v) is 8.19. The van der Waals surface area contributed by atoms with Gasteiger partial charge in [0.2, 0.25) is 5.13 Å². The van der Waals surface area contributed by atoms with Crippen LogP contribution in [0.3, 0.4) is 0 Å². The van der Waals surface area contributed by atoms with Crippen LogP contribution in [-0.4, -0.2) is 60.9 Å². The topological polar surface area (TPSA) is 143 Å². The van der Waals surface area contributed by atoms with E-state index in [1.807, 2.05) is 24.3 Å². The van der Waals surface area contributed by atoms with Crippen LogP contribution < -0.4 is 19.2 Å². The maximum atomic E-state index is 13.8. The quantitative estimate of drug-likeness (QED) is 0.0169. The van der Waals surface area contributed by atoms with Gasteiger partial charge < -0.3 is 23.7 Å². The van der Waals surface area contributed by atoms with Crippen LogP contribution in [0.1, 0.15) is 106 Å². The zero-order chi connectivity index (χ0) is 42.8. The van der Waals surface area contributed by atoms with Crippen LogP contribution in [0.5, 0.6) is 17.2 Å². The largest absolute Gasteiger partial charge is 0.494 e. The van der Waals surface area contributed by atoms with Gasteiger partial charge >= 0.3 is 23.9 Å². The summed E-state index contributed by atoms with van der Waals surface area (Å²) in [5.74, 6) is 5.41. The number of unbranched alkanes of at least 4 members (excludes halogenated alkanes) is 3. The van der Waals surface area contributed by atoms with Crippen LogP contribution in [0.4, 0.5) is 5.13 Å². The van der Waals surface area contributed by atoms with Crippen LogP contribution in [0.25, 0.3) is 10.2 Å². The molecule has 0 saturated heterocycles. The summed E-state index contributed by atoms with van der Waals surface area (Å²) in [5, 5.41) is 7.06. The van der Waals surface area contributed by atoms with E-state index in [1.54, 1.807) is 60.6 Å². The third-order valence-electron chi connectivity index (χ3n) is 10.7. The number of anilines is 1. The molecule has 6 rings (SSSR count). The summed E-state index contributed by atoms with van der Waals surface area (Å²) in [7, 11) is 0. The lowest BCUT2D eigenvalue weighted by molar-refractivity contribution is -0.141. The summed E-state index contributed by atoms with van der Waals surface area (Å²) < 4.78 is 29.4. The number of esters is 4. The lowest BCUT2D eigenvalue weighted by atomic mass is 9.87. The number of benzene rings is 3. The third-order valence-corrected chi connectivity index (χ3v) is 11.7. The SMILES string of the molecule is C=CC(=O)OCCCCCCOc1ccc(OC(=O)C2CCC(OC(=O)c3ccc(OC(=O)C4CCCCC4)cc3/C=N/N(CC#CC)c3nc4ccccc4s3)CC2)cc1. The molecule has 0 N–H and O–H groups in total. The van der Waals surface area contributed by atoms with Crippen LogP contribution in [0.15, 0.2) is 84.5 Å². The summed E-state index contributed by atoms with van der Waals surface area (Å²) in [4.78, 5) is 55.8. The third kappa shape index (κ3) is 13.5. The first kappa shape index (κ1) is 44.5. The number of rotatable bonds is 19.